The van der Waals surface area contributed by atoms with E-state index in [4.69, 9.17) is 4.74 Å². The maximum absolute atomic E-state index is 13.3. The highest BCUT2D eigenvalue weighted by molar-refractivity contribution is 7.98. The maximum atomic E-state index is 13.3. The van der Waals surface area contributed by atoms with Crippen molar-refractivity contribution in [2.75, 3.05) is 13.7 Å². The van der Waals surface area contributed by atoms with Gasteiger partial charge in [-0.1, -0.05) is 72.4 Å². The van der Waals surface area contributed by atoms with Crippen LogP contribution in [0.1, 0.15) is 41.9 Å². The molecule has 0 unspecified atom stereocenters. The first kappa shape index (κ1) is 20.6. The van der Waals surface area contributed by atoms with Crippen LogP contribution in [0.5, 0.6) is 0 Å². The van der Waals surface area contributed by atoms with Crippen LogP contribution >= 0.6 is 11.8 Å². The second kappa shape index (κ2) is 9.45. The van der Waals surface area contributed by atoms with Crippen molar-refractivity contribution in [2.45, 2.75) is 35.9 Å². The number of hydrogen-bond acceptors (Lipinski definition) is 5. The summed E-state index contributed by atoms with van der Waals surface area (Å²) in [5.74, 6) is 1.65. The van der Waals surface area contributed by atoms with E-state index in [9.17, 15) is 4.79 Å². The molecular weight excluding hydrogens is 396 g/mol. The van der Waals surface area contributed by atoms with Crippen molar-refractivity contribution in [3.05, 3.63) is 77.6 Å². The first-order valence-corrected chi connectivity index (χ1v) is 11.1. The number of ether oxygens (including phenoxy) is 1. The van der Waals surface area contributed by atoms with Crippen LogP contribution in [0.3, 0.4) is 0 Å². The summed E-state index contributed by atoms with van der Waals surface area (Å²) < 4.78 is 7.60. The molecule has 156 valence electrons. The van der Waals surface area contributed by atoms with Gasteiger partial charge in [0.2, 0.25) is 0 Å². The van der Waals surface area contributed by atoms with Gasteiger partial charge in [-0.3, -0.25) is 4.79 Å². The third kappa shape index (κ3) is 4.27. The number of methoxy groups -OCH3 is 1. The molecule has 0 N–H and O–H groups in total. The van der Waals surface area contributed by atoms with Gasteiger partial charge in [-0.25, -0.2) is 0 Å². The Kier molecular flexibility index (Phi) is 6.50. The normalized spacial score (nSPS) is 17.3. The summed E-state index contributed by atoms with van der Waals surface area (Å²) >= 11 is 1.66. The van der Waals surface area contributed by atoms with Crippen LogP contribution in [0.15, 0.2) is 65.8 Å². The number of aromatic nitrogens is 3. The summed E-state index contributed by atoms with van der Waals surface area (Å²) in [6.45, 7) is 0.704. The molecule has 1 aliphatic rings. The molecule has 4 rings (SSSR count). The molecule has 1 fully saturated rings. The average molecular weight is 423 g/mol. The zero-order valence-corrected chi connectivity index (χ0v) is 18.1. The van der Waals surface area contributed by atoms with E-state index in [0.29, 0.717) is 6.54 Å². The van der Waals surface area contributed by atoms with Crippen molar-refractivity contribution < 1.29 is 9.53 Å². The van der Waals surface area contributed by atoms with Crippen molar-refractivity contribution >= 4 is 17.7 Å². The van der Waals surface area contributed by atoms with Gasteiger partial charge in [-0.2, -0.15) is 0 Å². The topological polar surface area (TPSA) is 60.2 Å². The van der Waals surface area contributed by atoms with Crippen LogP contribution in [-0.2, 0) is 22.3 Å². The second-order valence-electron chi connectivity index (χ2n) is 7.39. The Morgan fingerprint density at radius 3 is 2.53 bits per heavy atom. The van der Waals surface area contributed by atoms with E-state index in [-0.39, 0.29) is 11.9 Å². The molecule has 1 aromatic heterocycles. The minimum Gasteiger partial charge on any atom is -0.367 e. The van der Waals surface area contributed by atoms with Crippen LogP contribution in [0.4, 0.5) is 0 Å². The molecule has 1 aliphatic heterocycles. The van der Waals surface area contributed by atoms with E-state index in [1.165, 1.54) is 5.56 Å². The Labute approximate surface area is 181 Å². The monoisotopic (exact) mass is 422 g/mol. The molecule has 0 aliphatic carbocycles. The molecule has 0 bridgehead atoms. The molecule has 0 saturated carbocycles. The smallest absolute Gasteiger partial charge is 0.256 e. The maximum Gasteiger partial charge on any atom is 0.256 e. The third-order valence-electron chi connectivity index (χ3n) is 5.48. The van der Waals surface area contributed by atoms with Crippen molar-refractivity contribution in [3.8, 4) is 0 Å². The van der Waals surface area contributed by atoms with Crippen LogP contribution in [0.25, 0.3) is 0 Å². The van der Waals surface area contributed by atoms with Gasteiger partial charge in [0.15, 0.2) is 17.1 Å². The standard InChI is InChI=1S/C23H26N4O2S/c1-26-21(24-25-23(26)30-16-17-10-5-3-6-11-17)19-14-9-15-27(19)22(28)20(29-2)18-12-7-4-8-13-18/h3-8,10-13,19-20H,9,14-16H2,1-2H3/t19-,20-/m0/s1. The highest BCUT2D eigenvalue weighted by Crippen LogP contribution is 2.35. The molecule has 0 radical (unpaired) electrons. The van der Waals surface area contributed by atoms with Crippen LogP contribution in [0.2, 0.25) is 0 Å². The molecular formula is C23H26N4O2S. The fourth-order valence-corrected chi connectivity index (χ4v) is 4.79. The molecule has 2 atom stereocenters. The molecule has 30 heavy (non-hydrogen) atoms. The number of rotatable bonds is 7. The Bertz CT molecular complexity index is 977. The summed E-state index contributed by atoms with van der Waals surface area (Å²) in [5, 5.41) is 9.72. The van der Waals surface area contributed by atoms with Gasteiger partial charge in [0, 0.05) is 26.5 Å². The lowest BCUT2D eigenvalue weighted by molar-refractivity contribution is -0.143. The van der Waals surface area contributed by atoms with Gasteiger partial charge in [0.1, 0.15) is 0 Å². The summed E-state index contributed by atoms with van der Waals surface area (Å²) in [6, 6.07) is 19.9. The molecule has 0 spiro atoms. The van der Waals surface area contributed by atoms with Gasteiger partial charge in [0.25, 0.3) is 5.91 Å². The van der Waals surface area contributed by atoms with Crippen molar-refractivity contribution in [1.29, 1.82) is 0 Å². The Morgan fingerprint density at radius 1 is 1.13 bits per heavy atom. The minimum absolute atomic E-state index is 0.0207. The summed E-state index contributed by atoms with van der Waals surface area (Å²) in [5.41, 5.74) is 2.11. The van der Waals surface area contributed by atoms with E-state index >= 15 is 0 Å². The number of benzene rings is 2. The van der Waals surface area contributed by atoms with E-state index < -0.39 is 6.10 Å². The summed E-state index contributed by atoms with van der Waals surface area (Å²) in [7, 11) is 3.57. The van der Waals surface area contributed by atoms with E-state index in [2.05, 4.69) is 22.3 Å². The quantitative estimate of drug-likeness (QED) is 0.535. The van der Waals surface area contributed by atoms with E-state index in [1.807, 2.05) is 65.0 Å². The number of carbonyl (C=O) groups is 1. The molecule has 3 aromatic rings. The lowest BCUT2D eigenvalue weighted by atomic mass is 10.1. The Balaban J connectivity index is 1.51. The number of hydrogen-bond donors (Lipinski definition) is 0. The van der Waals surface area contributed by atoms with Gasteiger partial charge in [0.05, 0.1) is 6.04 Å². The number of carbonyl (C=O) groups excluding carboxylic acids is 1. The largest absolute Gasteiger partial charge is 0.367 e. The van der Waals surface area contributed by atoms with E-state index in [1.54, 1.807) is 18.9 Å². The van der Waals surface area contributed by atoms with Gasteiger partial charge in [-0.05, 0) is 24.0 Å². The SMILES string of the molecule is CO[C@H](C(=O)N1CCC[C@H]1c1nnc(SCc2ccccc2)n1C)c1ccccc1. The molecule has 1 amide bonds. The first-order valence-electron chi connectivity index (χ1n) is 10.1. The first-order chi connectivity index (χ1) is 14.7. The number of nitrogens with zero attached hydrogens (tertiary/aromatic N) is 4. The van der Waals surface area contributed by atoms with Crippen LogP contribution < -0.4 is 0 Å². The molecule has 6 nitrogen and oxygen atoms in total. The lowest BCUT2D eigenvalue weighted by Gasteiger charge is -2.28. The molecule has 7 heteroatoms. The fourth-order valence-electron chi connectivity index (χ4n) is 3.92. The predicted molar refractivity (Wildman–Crippen MR) is 117 cm³/mol. The highest BCUT2D eigenvalue weighted by Gasteiger charge is 2.37. The second-order valence-corrected chi connectivity index (χ2v) is 8.33. The predicted octanol–water partition coefficient (Wildman–Crippen LogP) is 4.16. The van der Waals surface area contributed by atoms with Crippen molar-refractivity contribution in [1.82, 2.24) is 19.7 Å². The van der Waals surface area contributed by atoms with Gasteiger partial charge < -0.3 is 14.2 Å². The zero-order valence-electron chi connectivity index (χ0n) is 17.3. The van der Waals surface area contributed by atoms with Gasteiger partial charge >= 0.3 is 0 Å². The molecule has 2 heterocycles. The average Bonchev–Trinajstić information content (AvgIpc) is 3.40. The number of thioether (sulfide) groups is 1. The van der Waals surface area contributed by atoms with Crippen LogP contribution in [0, 0.1) is 0 Å². The fraction of sp³-hybridized carbons (Fsp3) is 0.348. The summed E-state index contributed by atoms with van der Waals surface area (Å²) in [6.07, 6.45) is 1.22. The zero-order chi connectivity index (χ0) is 20.9. The van der Waals surface area contributed by atoms with Crippen molar-refractivity contribution in [2.24, 2.45) is 7.05 Å². The third-order valence-corrected chi connectivity index (χ3v) is 6.57. The summed E-state index contributed by atoms with van der Waals surface area (Å²) in [4.78, 5) is 15.2. The van der Waals surface area contributed by atoms with Gasteiger partial charge in [-0.15, -0.1) is 10.2 Å². The Morgan fingerprint density at radius 2 is 1.83 bits per heavy atom. The minimum atomic E-state index is -0.605. The van der Waals surface area contributed by atoms with Crippen molar-refractivity contribution in [3.63, 3.8) is 0 Å². The molecule has 2 aromatic carbocycles. The highest BCUT2D eigenvalue weighted by atomic mass is 32.2. The lowest BCUT2D eigenvalue weighted by Crippen LogP contribution is -2.36. The van der Waals surface area contributed by atoms with Crippen LogP contribution in [-0.4, -0.2) is 39.2 Å². The number of amides is 1. The number of likely N-dealkylation sites (tertiary alicyclic amines) is 1. The Hall–Kier alpha value is -2.64. The van der Waals surface area contributed by atoms with E-state index in [0.717, 1.165) is 35.1 Å². The molecule has 1 saturated heterocycles.